The number of para-hydroxylation sites is 1. The lowest BCUT2D eigenvalue weighted by Crippen LogP contribution is -2.59. The zero-order chi connectivity index (χ0) is 52.9. The molecule has 4 aromatic rings. The number of aromatic amines is 1. The second kappa shape index (κ2) is 28.0. The highest BCUT2D eigenvalue weighted by Crippen LogP contribution is 2.20. The van der Waals surface area contributed by atoms with Crippen LogP contribution < -0.4 is 43.0 Å². The third-order valence-corrected chi connectivity index (χ3v) is 11.7. The number of amides is 7. The Kier molecular flexibility index (Phi) is 22.0. The highest BCUT2D eigenvalue weighted by atomic mass is 32.2. The topological polar surface area (TPSA) is 378 Å². The number of hydrogen-bond donors (Lipinski definition) is 13. The molecule has 0 saturated heterocycles. The summed E-state index contributed by atoms with van der Waals surface area (Å²) >= 11 is 1.31. The number of fused-ring (bicyclic) bond motifs is 1. The Morgan fingerprint density at radius 1 is 0.597 bits per heavy atom. The van der Waals surface area contributed by atoms with Crippen LogP contribution in [0.4, 0.5) is 0 Å². The number of nitrogens with one attached hydrogen (secondary N) is 8. The number of carbonyl (C=O) groups is 10. The fourth-order valence-electron chi connectivity index (χ4n) is 7.19. The van der Waals surface area contributed by atoms with Crippen LogP contribution in [0, 0.1) is 0 Å². The van der Waals surface area contributed by atoms with Gasteiger partial charge in [-0.2, -0.15) is 11.8 Å². The summed E-state index contributed by atoms with van der Waals surface area (Å²) in [5, 5.41) is 56.2. The predicted octanol–water partition coefficient (Wildman–Crippen LogP) is -0.549. The maximum absolute atomic E-state index is 14.3. The summed E-state index contributed by atoms with van der Waals surface area (Å²) < 4.78 is 0. The van der Waals surface area contributed by atoms with Crippen molar-refractivity contribution in [2.45, 2.75) is 94.2 Å². The first-order valence-corrected chi connectivity index (χ1v) is 24.0. The van der Waals surface area contributed by atoms with Gasteiger partial charge in [-0.15, -0.1) is 0 Å². The standard InChI is InChI=1S/C48H59N9O14S/c1-26(52-43(65)32(49)16-17-40(60)61)42(64)55-35(20-28-12-14-30(58)15-13-28)44(66)51-25-39(59)53-36(22-29-24-50-33-11-7-6-10-31(29)33)46(68)54-34(18-19-72-2)45(67)56-37(23-41(62)63)47(69)57-38(48(70)71)21-27-8-4-3-5-9-27/h3-15,24,26,32,34-38,50,58H,16-23,25,49H2,1-2H3,(H,51,66)(H,52,65)(H,53,59)(H,54,68)(H,55,64)(H,56,67)(H,57,69)(H,60,61)(H,62,63)(H,70,71)/t26-,32+,34-,35-,36-,37-,38-/m0/s1. The van der Waals surface area contributed by atoms with Gasteiger partial charge in [0.1, 0.15) is 42.0 Å². The fraction of sp³-hybridized carbons (Fsp3) is 0.375. The highest BCUT2D eigenvalue weighted by molar-refractivity contribution is 7.98. The molecule has 0 spiro atoms. The molecule has 0 saturated carbocycles. The van der Waals surface area contributed by atoms with Gasteiger partial charge in [-0.25, -0.2) is 4.79 Å². The molecule has 72 heavy (non-hydrogen) atoms. The number of H-pyrrole nitrogens is 1. The van der Waals surface area contributed by atoms with Crippen LogP contribution in [0.3, 0.4) is 0 Å². The normalized spacial score (nSPS) is 13.9. The molecule has 0 fully saturated rings. The number of rotatable bonds is 29. The Labute approximate surface area is 417 Å². The number of aromatic nitrogens is 1. The van der Waals surface area contributed by atoms with E-state index in [0.29, 0.717) is 27.6 Å². The van der Waals surface area contributed by atoms with Crippen LogP contribution in [0.25, 0.3) is 10.9 Å². The van der Waals surface area contributed by atoms with Crippen molar-refractivity contribution < 1.29 is 68.4 Å². The van der Waals surface area contributed by atoms with Crippen LogP contribution in [-0.2, 0) is 67.2 Å². The van der Waals surface area contributed by atoms with Gasteiger partial charge in [-0.05, 0) is 66.7 Å². The van der Waals surface area contributed by atoms with Gasteiger partial charge in [0, 0.05) is 42.8 Å². The van der Waals surface area contributed by atoms with E-state index in [2.05, 4.69) is 42.2 Å². The molecule has 23 nitrogen and oxygen atoms in total. The van der Waals surface area contributed by atoms with Gasteiger partial charge in [0.25, 0.3) is 0 Å². The van der Waals surface area contributed by atoms with Crippen LogP contribution in [0.15, 0.2) is 85.1 Å². The van der Waals surface area contributed by atoms with Crippen LogP contribution in [0.2, 0.25) is 0 Å². The molecule has 1 aromatic heterocycles. The Balaban J connectivity index is 1.52. The third-order valence-electron chi connectivity index (χ3n) is 11.1. The molecule has 0 radical (unpaired) electrons. The van der Waals surface area contributed by atoms with Crippen molar-refractivity contribution >= 4 is 81.9 Å². The molecule has 0 aliphatic rings. The van der Waals surface area contributed by atoms with Crippen LogP contribution in [0.1, 0.15) is 49.3 Å². The number of carboxylic acid groups (broad SMARTS) is 3. The maximum Gasteiger partial charge on any atom is 0.326 e. The molecule has 0 bridgehead atoms. The number of benzene rings is 3. The monoisotopic (exact) mass is 1020 g/mol. The summed E-state index contributed by atoms with van der Waals surface area (Å²) in [6.45, 7) is 0.567. The summed E-state index contributed by atoms with van der Waals surface area (Å²) in [5.41, 5.74) is 8.09. The van der Waals surface area contributed by atoms with Gasteiger partial charge < -0.3 is 68.4 Å². The molecule has 3 aromatic carbocycles. The molecule has 386 valence electrons. The number of carboxylic acids is 3. The van der Waals surface area contributed by atoms with Crippen LogP contribution in [-0.4, -0.2) is 146 Å². The number of aromatic hydroxyl groups is 1. The Hall–Kier alpha value is -7.99. The summed E-state index contributed by atoms with van der Waals surface area (Å²) in [7, 11) is 0. The summed E-state index contributed by atoms with van der Waals surface area (Å²) in [6, 6.07) is 11.2. The zero-order valence-electron chi connectivity index (χ0n) is 39.3. The smallest absolute Gasteiger partial charge is 0.326 e. The molecule has 7 amide bonds. The molecule has 1 heterocycles. The Morgan fingerprint density at radius 3 is 1.82 bits per heavy atom. The summed E-state index contributed by atoms with van der Waals surface area (Å²) in [5.74, 6) is -10.2. The molecule has 4 rings (SSSR count). The molecule has 0 aliphatic heterocycles. The van der Waals surface area contributed by atoms with Crippen molar-refractivity contribution in [3.05, 3.63) is 102 Å². The minimum atomic E-state index is -1.77. The Bertz CT molecular complexity index is 2560. The van der Waals surface area contributed by atoms with Gasteiger partial charge in [-0.3, -0.25) is 43.2 Å². The van der Waals surface area contributed by atoms with Crippen molar-refractivity contribution in [2.24, 2.45) is 5.73 Å². The minimum Gasteiger partial charge on any atom is -0.508 e. The lowest BCUT2D eigenvalue weighted by molar-refractivity contribution is -0.143. The van der Waals surface area contributed by atoms with Crippen LogP contribution >= 0.6 is 11.8 Å². The van der Waals surface area contributed by atoms with E-state index in [1.165, 1.54) is 43.0 Å². The third kappa shape index (κ3) is 18.4. The lowest BCUT2D eigenvalue weighted by Gasteiger charge is -2.26. The van der Waals surface area contributed by atoms with Gasteiger partial charge in [-0.1, -0.05) is 60.7 Å². The van der Waals surface area contributed by atoms with E-state index in [9.17, 15) is 63.3 Å². The number of aliphatic carboxylic acids is 3. The van der Waals surface area contributed by atoms with Crippen molar-refractivity contribution in [3.63, 3.8) is 0 Å². The van der Waals surface area contributed by atoms with Crippen molar-refractivity contribution in [3.8, 4) is 5.75 Å². The first kappa shape index (κ1) is 56.6. The van der Waals surface area contributed by atoms with Gasteiger partial charge in [0.05, 0.1) is 19.0 Å². The maximum atomic E-state index is 14.3. The second-order valence-corrected chi connectivity index (χ2v) is 17.7. The van der Waals surface area contributed by atoms with E-state index in [0.717, 1.165) is 0 Å². The lowest BCUT2D eigenvalue weighted by atomic mass is 10.0. The average molecular weight is 1020 g/mol. The van der Waals surface area contributed by atoms with E-state index in [4.69, 9.17) is 10.8 Å². The van der Waals surface area contributed by atoms with E-state index in [1.54, 1.807) is 67.0 Å². The van der Waals surface area contributed by atoms with Crippen molar-refractivity contribution in [1.82, 2.24) is 42.2 Å². The Morgan fingerprint density at radius 2 is 1.17 bits per heavy atom. The van der Waals surface area contributed by atoms with E-state index < -0.39 is 121 Å². The SMILES string of the molecule is CSCC[C@H](NC(=O)[C@H](Cc1c[nH]c2ccccc12)NC(=O)CNC(=O)[C@H](Cc1ccc(O)cc1)NC(=O)[C@H](C)NC(=O)[C@H](N)CCC(=O)O)C(=O)N[C@@H](CC(=O)O)C(=O)N[C@@H](Cc1ccccc1)C(=O)O. The number of phenols is 1. The zero-order valence-corrected chi connectivity index (χ0v) is 40.2. The van der Waals surface area contributed by atoms with Gasteiger partial charge in [0.15, 0.2) is 0 Å². The molecule has 14 N–H and O–H groups in total. The van der Waals surface area contributed by atoms with Crippen LogP contribution in [0.5, 0.6) is 5.75 Å². The van der Waals surface area contributed by atoms with Crippen molar-refractivity contribution in [1.29, 1.82) is 0 Å². The average Bonchev–Trinajstić information content (AvgIpc) is 3.75. The van der Waals surface area contributed by atoms with E-state index in [-0.39, 0.29) is 43.6 Å². The van der Waals surface area contributed by atoms with Gasteiger partial charge >= 0.3 is 17.9 Å². The predicted molar refractivity (Wildman–Crippen MR) is 262 cm³/mol. The molecule has 0 unspecified atom stereocenters. The molecule has 0 aliphatic carbocycles. The molecular formula is C48H59N9O14S. The molecular weight excluding hydrogens is 959 g/mol. The fourth-order valence-corrected chi connectivity index (χ4v) is 7.66. The minimum absolute atomic E-state index is 0.0380. The number of nitrogens with two attached hydrogens (primary N) is 1. The molecule has 7 atom stereocenters. The number of phenolic OH excluding ortho intramolecular Hbond substituents is 1. The first-order valence-electron chi connectivity index (χ1n) is 22.6. The first-order chi connectivity index (χ1) is 34.2. The highest BCUT2D eigenvalue weighted by Gasteiger charge is 2.33. The van der Waals surface area contributed by atoms with Gasteiger partial charge in [0.2, 0.25) is 41.4 Å². The number of carbonyl (C=O) groups excluding carboxylic acids is 7. The molecule has 24 heteroatoms. The second-order valence-electron chi connectivity index (χ2n) is 16.7. The van der Waals surface area contributed by atoms with E-state index >= 15 is 0 Å². The quantitative estimate of drug-likeness (QED) is 0.0325. The van der Waals surface area contributed by atoms with Crippen molar-refractivity contribution in [2.75, 3.05) is 18.6 Å². The number of thioether (sulfide) groups is 1. The summed E-state index contributed by atoms with van der Waals surface area (Å²) in [6.07, 6.45) is 1.31. The van der Waals surface area contributed by atoms with E-state index in [1.807, 2.05) is 0 Å². The largest absolute Gasteiger partial charge is 0.508 e. The summed E-state index contributed by atoms with van der Waals surface area (Å²) in [4.78, 5) is 133. The number of hydrogen-bond acceptors (Lipinski definition) is 13.